The van der Waals surface area contributed by atoms with E-state index in [0.29, 0.717) is 11.8 Å². The van der Waals surface area contributed by atoms with Crippen molar-refractivity contribution in [3.8, 4) is 10.7 Å². The molecule has 1 aliphatic carbocycles. The Morgan fingerprint density at radius 1 is 1.24 bits per heavy atom. The summed E-state index contributed by atoms with van der Waals surface area (Å²) >= 11 is 3.16. The van der Waals surface area contributed by atoms with Crippen LogP contribution in [0.25, 0.3) is 10.7 Å². The van der Waals surface area contributed by atoms with E-state index in [-0.39, 0.29) is 5.78 Å². The van der Waals surface area contributed by atoms with Gasteiger partial charge in [-0.05, 0) is 36.3 Å². The van der Waals surface area contributed by atoms with Crippen molar-refractivity contribution in [2.45, 2.75) is 37.4 Å². The summed E-state index contributed by atoms with van der Waals surface area (Å²) in [6.45, 7) is 2.11. The molecule has 0 amide bonds. The lowest BCUT2D eigenvalue weighted by Gasteiger charge is -2.07. The lowest BCUT2D eigenvalue weighted by Crippen LogP contribution is -2.05. The lowest BCUT2D eigenvalue weighted by atomic mass is 10.1. The van der Waals surface area contributed by atoms with Crippen molar-refractivity contribution in [3.05, 3.63) is 52.9 Å². The highest BCUT2D eigenvalue weighted by Crippen LogP contribution is 2.41. The van der Waals surface area contributed by atoms with Gasteiger partial charge in [0.15, 0.2) is 16.8 Å². The Kier molecular flexibility index (Phi) is 4.72. The molecular weight excluding hydrogens is 350 g/mol. The Hall–Kier alpha value is -1.92. The number of hydrogen-bond acceptors (Lipinski definition) is 5. The highest BCUT2D eigenvalue weighted by atomic mass is 32.2. The third-order valence-electron chi connectivity index (χ3n) is 4.33. The summed E-state index contributed by atoms with van der Waals surface area (Å²) in [6, 6.07) is 12.5. The molecule has 0 bridgehead atoms. The molecule has 4 rings (SSSR count). The summed E-state index contributed by atoms with van der Waals surface area (Å²) in [4.78, 5) is 13.6. The predicted molar refractivity (Wildman–Crippen MR) is 102 cm³/mol. The van der Waals surface area contributed by atoms with Crippen molar-refractivity contribution in [3.63, 3.8) is 0 Å². The van der Waals surface area contributed by atoms with Crippen LogP contribution in [0.15, 0.2) is 46.9 Å². The molecule has 3 aromatic rings. The smallest absolute Gasteiger partial charge is 0.192 e. The molecule has 0 atom stereocenters. The zero-order chi connectivity index (χ0) is 17.2. The zero-order valence-corrected chi connectivity index (χ0v) is 15.6. The van der Waals surface area contributed by atoms with Gasteiger partial charge >= 0.3 is 0 Å². The van der Waals surface area contributed by atoms with Gasteiger partial charge in [-0.2, -0.15) is 0 Å². The number of benzene rings is 1. The second-order valence-electron chi connectivity index (χ2n) is 6.15. The van der Waals surface area contributed by atoms with E-state index >= 15 is 0 Å². The fourth-order valence-electron chi connectivity index (χ4n) is 2.75. The number of ketones is 1. The first kappa shape index (κ1) is 16.5. The molecule has 1 aliphatic rings. The second-order valence-corrected chi connectivity index (χ2v) is 8.04. The Bertz CT molecular complexity index is 865. The number of thiophene rings is 1. The molecule has 128 valence electrons. The van der Waals surface area contributed by atoms with E-state index in [9.17, 15) is 4.79 Å². The summed E-state index contributed by atoms with van der Waals surface area (Å²) in [5.74, 6) is 1.45. The molecule has 1 saturated carbocycles. The number of thioether (sulfide) groups is 1. The monoisotopic (exact) mass is 369 g/mol. The van der Waals surface area contributed by atoms with Crippen molar-refractivity contribution >= 4 is 28.9 Å². The normalized spacial score (nSPS) is 14.0. The first-order valence-corrected chi connectivity index (χ1v) is 10.4. The molecular formula is C19H19N3OS2. The zero-order valence-electron chi connectivity index (χ0n) is 14.0. The van der Waals surface area contributed by atoms with Crippen molar-refractivity contribution in [1.82, 2.24) is 14.8 Å². The van der Waals surface area contributed by atoms with Crippen LogP contribution in [-0.2, 0) is 6.42 Å². The van der Waals surface area contributed by atoms with Crippen LogP contribution in [0, 0.1) is 0 Å². The average molecular weight is 370 g/mol. The largest absolute Gasteiger partial charge is 0.298 e. The van der Waals surface area contributed by atoms with Gasteiger partial charge in [-0.15, -0.1) is 21.5 Å². The van der Waals surface area contributed by atoms with Crippen molar-refractivity contribution in [1.29, 1.82) is 0 Å². The molecule has 25 heavy (non-hydrogen) atoms. The molecule has 0 aliphatic heterocycles. The first-order chi connectivity index (χ1) is 12.3. The Morgan fingerprint density at radius 3 is 2.68 bits per heavy atom. The SMILES string of the molecule is CCc1ccc(C(=O)CSc2nnc(-c3cccs3)n2C2CC2)cc1. The van der Waals surface area contributed by atoms with Gasteiger partial charge in [0.05, 0.1) is 10.6 Å². The second kappa shape index (κ2) is 7.14. The van der Waals surface area contributed by atoms with E-state index in [0.717, 1.165) is 40.7 Å². The van der Waals surface area contributed by atoms with Crippen LogP contribution in [0.1, 0.15) is 41.7 Å². The standard InChI is InChI=1S/C19H19N3OS2/c1-2-13-5-7-14(8-6-13)16(23)12-25-19-21-20-18(17-4-3-11-24-17)22(19)15-9-10-15/h3-8,11,15H,2,9-10,12H2,1H3. The van der Waals surface area contributed by atoms with E-state index in [1.165, 1.54) is 17.3 Å². The Morgan fingerprint density at radius 2 is 2.04 bits per heavy atom. The minimum Gasteiger partial charge on any atom is -0.298 e. The van der Waals surface area contributed by atoms with Gasteiger partial charge in [-0.25, -0.2) is 0 Å². The van der Waals surface area contributed by atoms with E-state index in [1.54, 1.807) is 11.3 Å². The van der Waals surface area contributed by atoms with Gasteiger partial charge < -0.3 is 0 Å². The molecule has 2 aromatic heterocycles. The van der Waals surface area contributed by atoms with Gasteiger partial charge in [0.1, 0.15) is 0 Å². The molecule has 0 saturated heterocycles. The van der Waals surface area contributed by atoms with Crippen LogP contribution in [0.5, 0.6) is 0 Å². The van der Waals surface area contributed by atoms with Crippen molar-refractivity contribution in [2.75, 3.05) is 5.75 Å². The van der Waals surface area contributed by atoms with Gasteiger partial charge in [-0.1, -0.05) is 49.0 Å². The molecule has 0 N–H and O–H groups in total. The van der Waals surface area contributed by atoms with E-state index < -0.39 is 0 Å². The molecule has 0 radical (unpaired) electrons. The number of nitrogens with zero attached hydrogens (tertiary/aromatic N) is 3. The molecule has 1 fully saturated rings. The number of aryl methyl sites for hydroxylation is 1. The summed E-state index contributed by atoms with van der Waals surface area (Å²) in [5, 5.41) is 11.6. The maximum atomic E-state index is 12.5. The van der Waals surface area contributed by atoms with Crippen LogP contribution in [0.4, 0.5) is 0 Å². The number of aromatic nitrogens is 3. The minimum absolute atomic E-state index is 0.135. The van der Waals surface area contributed by atoms with Crippen LogP contribution in [0.2, 0.25) is 0 Å². The topological polar surface area (TPSA) is 47.8 Å². The molecule has 0 spiro atoms. The van der Waals surface area contributed by atoms with Crippen LogP contribution >= 0.6 is 23.1 Å². The number of Topliss-reactive ketones (excluding diaryl/α,β-unsaturated/α-hetero) is 1. The number of hydrogen-bond donors (Lipinski definition) is 0. The highest BCUT2D eigenvalue weighted by Gasteiger charge is 2.30. The van der Waals surface area contributed by atoms with Crippen LogP contribution < -0.4 is 0 Å². The molecule has 4 nitrogen and oxygen atoms in total. The van der Waals surface area contributed by atoms with Gasteiger partial charge in [0.25, 0.3) is 0 Å². The molecule has 1 aromatic carbocycles. The van der Waals surface area contributed by atoms with Gasteiger partial charge in [0, 0.05) is 11.6 Å². The molecule has 6 heteroatoms. The van der Waals surface area contributed by atoms with Crippen molar-refractivity contribution in [2.24, 2.45) is 0 Å². The highest BCUT2D eigenvalue weighted by molar-refractivity contribution is 7.99. The third-order valence-corrected chi connectivity index (χ3v) is 6.14. The maximum absolute atomic E-state index is 12.5. The lowest BCUT2D eigenvalue weighted by molar-refractivity contribution is 0.102. The van der Waals surface area contributed by atoms with Crippen LogP contribution in [-0.4, -0.2) is 26.3 Å². The van der Waals surface area contributed by atoms with Gasteiger partial charge in [0.2, 0.25) is 0 Å². The fraction of sp³-hybridized carbons (Fsp3) is 0.316. The minimum atomic E-state index is 0.135. The number of carbonyl (C=O) groups is 1. The number of carbonyl (C=O) groups excluding carboxylic acids is 1. The van der Waals surface area contributed by atoms with E-state index in [1.807, 2.05) is 30.3 Å². The Balaban J connectivity index is 1.50. The Labute approximate surface area is 155 Å². The van der Waals surface area contributed by atoms with Crippen LogP contribution in [0.3, 0.4) is 0 Å². The van der Waals surface area contributed by atoms with Crippen molar-refractivity contribution < 1.29 is 4.79 Å². The number of rotatable bonds is 7. The summed E-state index contributed by atoms with van der Waals surface area (Å²) in [6.07, 6.45) is 3.31. The quantitative estimate of drug-likeness (QED) is 0.440. The molecule has 2 heterocycles. The predicted octanol–water partition coefficient (Wildman–Crippen LogP) is 4.88. The molecule has 0 unspecified atom stereocenters. The third kappa shape index (κ3) is 3.55. The van der Waals surface area contributed by atoms with E-state index in [2.05, 4.69) is 33.1 Å². The van der Waals surface area contributed by atoms with E-state index in [4.69, 9.17) is 0 Å². The summed E-state index contributed by atoms with van der Waals surface area (Å²) in [7, 11) is 0. The van der Waals surface area contributed by atoms with Gasteiger partial charge in [-0.3, -0.25) is 9.36 Å². The summed E-state index contributed by atoms with van der Waals surface area (Å²) < 4.78 is 2.21. The summed E-state index contributed by atoms with van der Waals surface area (Å²) in [5.41, 5.74) is 2.01. The average Bonchev–Trinajstić information content (AvgIpc) is 3.18. The maximum Gasteiger partial charge on any atom is 0.192 e. The first-order valence-electron chi connectivity index (χ1n) is 8.50. The fourth-order valence-corrected chi connectivity index (χ4v) is 4.36.